The molecule has 3 aliphatic carbocycles. The fraction of sp³-hybridized carbons (Fsp3) is 0.600. The van der Waals surface area contributed by atoms with E-state index in [1.54, 1.807) is 5.57 Å². The number of hydrogen-bond acceptors (Lipinski definition) is 2. The summed E-state index contributed by atoms with van der Waals surface area (Å²) in [4.78, 5) is 0. The van der Waals surface area contributed by atoms with Crippen molar-refractivity contribution in [1.29, 1.82) is 0 Å². The first-order valence-electron chi connectivity index (χ1n) is 14.9. The molecule has 202 valence electrons. The lowest BCUT2D eigenvalue weighted by molar-refractivity contribution is 0.0813. The second kappa shape index (κ2) is 11.9. The van der Waals surface area contributed by atoms with Crippen LogP contribution in [0.5, 0.6) is 0 Å². The molecule has 2 N–H and O–H groups in total. The van der Waals surface area contributed by atoms with Crippen LogP contribution >= 0.6 is 0 Å². The molecule has 2 nitrogen and oxygen atoms in total. The SMILES string of the molecule is C=C1/C(=C\C=C2/CCCC3(C)C2CCC3C(C)C/C=C/C(O)(CC)CC)CC(O)CC1c1ccccc1. The molecule has 6 atom stereocenters. The van der Waals surface area contributed by atoms with E-state index in [1.165, 1.54) is 48.8 Å². The second-order valence-electron chi connectivity index (χ2n) is 12.5. The first kappa shape index (κ1) is 28.1. The van der Waals surface area contributed by atoms with Gasteiger partial charge >= 0.3 is 0 Å². The van der Waals surface area contributed by atoms with Crippen molar-refractivity contribution in [3.63, 3.8) is 0 Å². The summed E-state index contributed by atoms with van der Waals surface area (Å²) in [6, 6.07) is 10.5. The third kappa shape index (κ3) is 6.07. The third-order valence-corrected chi connectivity index (χ3v) is 10.4. The minimum atomic E-state index is -0.647. The van der Waals surface area contributed by atoms with Gasteiger partial charge < -0.3 is 10.2 Å². The van der Waals surface area contributed by atoms with E-state index in [1.807, 2.05) is 0 Å². The number of allylic oxidation sites excluding steroid dienone is 5. The molecule has 0 amide bonds. The van der Waals surface area contributed by atoms with Gasteiger partial charge in [0.25, 0.3) is 0 Å². The van der Waals surface area contributed by atoms with E-state index >= 15 is 0 Å². The molecule has 3 fully saturated rings. The number of hydrogen-bond donors (Lipinski definition) is 2. The standard InChI is InChI=1S/C35H50O2/c1-6-35(37,7-2)22-11-13-25(3)32-19-20-33-28(16-12-21-34(32,33)5)17-18-29-23-30(36)24-31(26(29)4)27-14-9-8-10-15-27/h8-11,14-15,17-18,22,25,30-33,36-37H,4,6-7,12-13,16,19-21,23-24H2,1-3,5H3/b22-11+,28-17+,29-18-. The molecule has 37 heavy (non-hydrogen) atoms. The van der Waals surface area contributed by atoms with Gasteiger partial charge in [0.15, 0.2) is 0 Å². The highest BCUT2D eigenvalue weighted by Gasteiger charge is 2.50. The lowest BCUT2D eigenvalue weighted by atomic mass is 9.61. The highest BCUT2D eigenvalue weighted by atomic mass is 16.3. The molecule has 0 aliphatic heterocycles. The Bertz CT molecular complexity index is 1010. The summed E-state index contributed by atoms with van der Waals surface area (Å²) in [5.41, 5.74) is 4.98. The summed E-state index contributed by atoms with van der Waals surface area (Å²) < 4.78 is 0. The van der Waals surface area contributed by atoms with Crippen LogP contribution in [-0.2, 0) is 0 Å². The maximum atomic E-state index is 10.7. The molecule has 0 spiro atoms. The molecular weight excluding hydrogens is 452 g/mol. The highest BCUT2D eigenvalue weighted by Crippen LogP contribution is 2.59. The quantitative estimate of drug-likeness (QED) is 0.349. The fourth-order valence-electron chi connectivity index (χ4n) is 7.88. The molecule has 6 unspecified atom stereocenters. The zero-order valence-electron chi connectivity index (χ0n) is 23.8. The van der Waals surface area contributed by atoms with Crippen molar-refractivity contribution in [2.75, 3.05) is 0 Å². The van der Waals surface area contributed by atoms with Gasteiger partial charge in [-0.15, -0.1) is 0 Å². The largest absolute Gasteiger partial charge is 0.393 e. The van der Waals surface area contributed by atoms with Gasteiger partial charge in [-0.05, 0) is 104 Å². The van der Waals surface area contributed by atoms with Crippen molar-refractivity contribution in [3.05, 3.63) is 83.5 Å². The molecule has 4 rings (SSSR count). The van der Waals surface area contributed by atoms with E-state index < -0.39 is 5.60 Å². The molecule has 3 saturated carbocycles. The summed E-state index contributed by atoms with van der Waals surface area (Å²) in [6.07, 6.45) is 19.2. The van der Waals surface area contributed by atoms with Gasteiger partial charge in [-0.25, -0.2) is 0 Å². The maximum Gasteiger partial charge on any atom is 0.0822 e. The molecule has 0 bridgehead atoms. The van der Waals surface area contributed by atoms with Crippen LogP contribution < -0.4 is 0 Å². The van der Waals surface area contributed by atoms with Gasteiger partial charge in [-0.3, -0.25) is 0 Å². The number of aliphatic hydroxyl groups excluding tert-OH is 1. The van der Waals surface area contributed by atoms with Crippen LogP contribution in [0.3, 0.4) is 0 Å². The average molecular weight is 503 g/mol. The first-order chi connectivity index (χ1) is 17.7. The fourth-order valence-corrected chi connectivity index (χ4v) is 7.88. The van der Waals surface area contributed by atoms with Crippen LogP contribution in [0.2, 0.25) is 0 Å². The second-order valence-corrected chi connectivity index (χ2v) is 12.5. The third-order valence-electron chi connectivity index (χ3n) is 10.4. The molecule has 3 aliphatic rings. The van der Waals surface area contributed by atoms with Crippen molar-refractivity contribution in [2.24, 2.45) is 23.2 Å². The van der Waals surface area contributed by atoms with Crippen molar-refractivity contribution in [2.45, 2.75) is 110 Å². The van der Waals surface area contributed by atoms with Crippen LogP contribution in [0.15, 0.2) is 77.9 Å². The zero-order chi connectivity index (χ0) is 26.6. The van der Waals surface area contributed by atoms with E-state index in [2.05, 4.69) is 88.9 Å². The number of fused-ring (bicyclic) bond motifs is 1. The first-order valence-corrected chi connectivity index (χ1v) is 14.9. The van der Waals surface area contributed by atoms with Crippen molar-refractivity contribution >= 4 is 0 Å². The number of benzene rings is 1. The van der Waals surface area contributed by atoms with Gasteiger partial charge in [0.2, 0.25) is 0 Å². The van der Waals surface area contributed by atoms with Gasteiger partial charge in [-0.2, -0.15) is 0 Å². The monoisotopic (exact) mass is 502 g/mol. The van der Waals surface area contributed by atoms with Crippen LogP contribution in [0.1, 0.15) is 103 Å². The lowest BCUT2D eigenvalue weighted by Gasteiger charge is -2.44. The lowest BCUT2D eigenvalue weighted by Crippen LogP contribution is -2.36. The van der Waals surface area contributed by atoms with E-state index in [4.69, 9.17) is 0 Å². The van der Waals surface area contributed by atoms with Gasteiger partial charge in [-0.1, -0.05) is 94.5 Å². The minimum Gasteiger partial charge on any atom is -0.393 e. The molecule has 0 aromatic heterocycles. The van der Waals surface area contributed by atoms with Gasteiger partial charge in [0.05, 0.1) is 11.7 Å². The highest BCUT2D eigenvalue weighted by molar-refractivity contribution is 5.44. The Balaban J connectivity index is 1.49. The van der Waals surface area contributed by atoms with Crippen LogP contribution in [0.4, 0.5) is 0 Å². The Kier molecular flexibility index (Phi) is 9.02. The average Bonchev–Trinajstić information content (AvgIpc) is 3.26. The topological polar surface area (TPSA) is 40.5 Å². The number of aliphatic hydroxyl groups is 2. The van der Waals surface area contributed by atoms with E-state index in [0.29, 0.717) is 23.7 Å². The Morgan fingerprint density at radius 1 is 1.14 bits per heavy atom. The molecule has 2 heteroatoms. The Hall–Kier alpha value is -1.90. The van der Waals surface area contributed by atoms with Crippen molar-refractivity contribution in [3.8, 4) is 0 Å². The maximum absolute atomic E-state index is 10.7. The Morgan fingerprint density at radius 3 is 2.57 bits per heavy atom. The summed E-state index contributed by atoms with van der Waals surface area (Å²) in [6.45, 7) is 13.6. The predicted molar refractivity (Wildman–Crippen MR) is 156 cm³/mol. The number of rotatable bonds is 8. The van der Waals surface area contributed by atoms with Crippen LogP contribution in [0.25, 0.3) is 0 Å². The molecule has 1 aromatic rings. The van der Waals surface area contributed by atoms with Crippen LogP contribution in [-0.4, -0.2) is 21.9 Å². The van der Waals surface area contributed by atoms with E-state index in [0.717, 1.165) is 31.6 Å². The van der Waals surface area contributed by atoms with Crippen LogP contribution in [0, 0.1) is 23.2 Å². The molecular formula is C35H50O2. The predicted octanol–water partition coefficient (Wildman–Crippen LogP) is 8.68. The molecule has 0 radical (unpaired) electrons. The summed E-state index contributed by atoms with van der Waals surface area (Å²) >= 11 is 0. The molecule has 0 heterocycles. The smallest absolute Gasteiger partial charge is 0.0822 e. The van der Waals surface area contributed by atoms with E-state index in [-0.39, 0.29) is 12.0 Å². The van der Waals surface area contributed by atoms with Crippen molar-refractivity contribution in [1.82, 2.24) is 0 Å². The normalized spacial score (nSPS) is 33.8. The Morgan fingerprint density at radius 2 is 1.86 bits per heavy atom. The van der Waals surface area contributed by atoms with Crippen molar-refractivity contribution < 1.29 is 10.2 Å². The summed E-state index contributed by atoms with van der Waals surface area (Å²) in [7, 11) is 0. The molecule has 1 aromatic carbocycles. The zero-order valence-corrected chi connectivity index (χ0v) is 23.8. The Labute approximate surface area is 226 Å². The molecule has 0 saturated heterocycles. The van der Waals surface area contributed by atoms with Gasteiger partial charge in [0, 0.05) is 5.92 Å². The van der Waals surface area contributed by atoms with Gasteiger partial charge in [0.1, 0.15) is 0 Å². The summed E-state index contributed by atoms with van der Waals surface area (Å²) in [5.74, 6) is 2.21. The minimum absolute atomic E-state index is 0.203. The summed E-state index contributed by atoms with van der Waals surface area (Å²) in [5, 5.41) is 21.3. The van der Waals surface area contributed by atoms with E-state index in [9.17, 15) is 10.2 Å².